The van der Waals surface area contributed by atoms with Gasteiger partial charge in [-0.2, -0.15) is 0 Å². The fourth-order valence-corrected chi connectivity index (χ4v) is 5.04. The lowest BCUT2D eigenvalue weighted by Gasteiger charge is -2.29. The van der Waals surface area contributed by atoms with E-state index < -0.39 is 5.82 Å². The topological polar surface area (TPSA) is 54.0 Å². The van der Waals surface area contributed by atoms with Crippen LogP contribution in [-0.2, 0) is 4.74 Å². The third-order valence-corrected chi connectivity index (χ3v) is 6.98. The molecule has 0 saturated carbocycles. The van der Waals surface area contributed by atoms with E-state index in [1.54, 1.807) is 6.07 Å². The van der Waals surface area contributed by atoms with Crippen molar-refractivity contribution in [1.82, 2.24) is 4.90 Å². The van der Waals surface area contributed by atoms with E-state index in [1.807, 2.05) is 36.4 Å². The highest BCUT2D eigenvalue weighted by molar-refractivity contribution is 6.10. The van der Waals surface area contributed by atoms with Gasteiger partial charge < -0.3 is 19.7 Å². The maximum Gasteiger partial charge on any atom is 0.255 e. The van der Waals surface area contributed by atoms with Crippen LogP contribution >= 0.6 is 0 Å². The summed E-state index contributed by atoms with van der Waals surface area (Å²) >= 11 is 0. The number of hydrogen-bond acceptors (Lipinski definition) is 5. The molecule has 2 heterocycles. The van der Waals surface area contributed by atoms with Gasteiger partial charge in [-0.15, -0.1) is 0 Å². The third-order valence-electron chi connectivity index (χ3n) is 6.98. The molecule has 2 saturated heterocycles. The lowest BCUT2D eigenvalue weighted by molar-refractivity contribution is 0.0358. The summed E-state index contributed by atoms with van der Waals surface area (Å²) in [6, 6.07) is 16.2. The lowest BCUT2D eigenvalue weighted by atomic mass is 10.1. The monoisotopic (exact) mass is 491 g/mol. The first-order valence-electron chi connectivity index (χ1n) is 13.0. The molecule has 3 aromatic carbocycles. The maximum absolute atomic E-state index is 14.4. The summed E-state index contributed by atoms with van der Waals surface area (Å²) < 4.78 is 26.0. The van der Waals surface area contributed by atoms with Crippen molar-refractivity contribution in [3.63, 3.8) is 0 Å². The zero-order valence-electron chi connectivity index (χ0n) is 20.7. The second-order valence-corrected chi connectivity index (χ2v) is 9.51. The van der Waals surface area contributed by atoms with Gasteiger partial charge in [0.05, 0.1) is 19.8 Å². The predicted octanol–water partition coefficient (Wildman–Crippen LogP) is 5.32. The Hall–Kier alpha value is -3.16. The fraction of sp³-hybridized carbons (Fsp3) is 0.414. The molecule has 2 aliphatic heterocycles. The number of benzene rings is 3. The van der Waals surface area contributed by atoms with E-state index in [1.165, 1.54) is 18.6 Å². The van der Waals surface area contributed by atoms with Crippen LogP contribution < -0.4 is 15.0 Å². The van der Waals surface area contributed by atoms with E-state index >= 15 is 0 Å². The average molecular weight is 492 g/mol. The van der Waals surface area contributed by atoms with Crippen molar-refractivity contribution < 1.29 is 18.7 Å². The van der Waals surface area contributed by atoms with Crippen LogP contribution in [0.2, 0.25) is 0 Å². The van der Waals surface area contributed by atoms with Gasteiger partial charge in [-0.05, 0) is 56.0 Å². The number of halogens is 1. The van der Waals surface area contributed by atoms with Crippen molar-refractivity contribution in [2.24, 2.45) is 0 Å². The van der Waals surface area contributed by atoms with E-state index in [0.29, 0.717) is 17.9 Å². The van der Waals surface area contributed by atoms with Crippen molar-refractivity contribution in [3.8, 4) is 5.75 Å². The normalized spacial score (nSPS) is 16.8. The Morgan fingerprint density at radius 1 is 0.944 bits per heavy atom. The summed E-state index contributed by atoms with van der Waals surface area (Å²) in [4.78, 5) is 17.7. The SMILES string of the molecule is O=C(Nc1ccc(OCCCN2CCOCC2)c2ccccc12)c1cc(F)cc(N2CCCCC2)c1. The number of nitrogens with zero attached hydrogens (tertiary/aromatic N) is 2. The lowest BCUT2D eigenvalue weighted by Crippen LogP contribution is -2.37. The van der Waals surface area contributed by atoms with Gasteiger partial charge in [0.25, 0.3) is 5.91 Å². The molecule has 2 fully saturated rings. The van der Waals surface area contributed by atoms with Crippen LogP contribution in [-0.4, -0.2) is 63.4 Å². The Kier molecular flexibility index (Phi) is 7.98. The Bertz CT molecular complexity index is 1190. The van der Waals surface area contributed by atoms with E-state index in [0.717, 1.165) is 87.4 Å². The molecule has 5 rings (SSSR count). The zero-order chi connectivity index (χ0) is 24.7. The molecule has 0 bridgehead atoms. The summed E-state index contributed by atoms with van der Waals surface area (Å²) in [5.41, 5.74) is 1.77. The summed E-state index contributed by atoms with van der Waals surface area (Å²) in [7, 11) is 0. The number of rotatable bonds is 8. The van der Waals surface area contributed by atoms with Gasteiger partial charge in [0.2, 0.25) is 0 Å². The first kappa shape index (κ1) is 24.5. The van der Waals surface area contributed by atoms with Crippen LogP contribution in [0.3, 0.4) is 0 Å². The molecule has 0 spiro atoms. The molecule has 190 valence electrons. The number of hydrogen-bond donors (Lipinski definition) is 1. The average Bonchev–Trinajstić information content (AvgIpc) is 2.92. The third kappa shape index (κ3) is 5.97. The summed E-state index contributed by atoms with van der Waals surface area (Å²) in [6.45, 7) is 6.94. The van der Waals surface area contributed by atoms with Gasteiger partial charge in [-0.3, -0.25) is 9.69 Å². The van der Waals surface area contributed by atoms with E-state index in [-0.39, 0.29) is 5.91 Å². The van der Waals surface area contributed by atoms with Gasteiger partial charge in [-0.1, -0.05) is 24.3 Å². The van der Waals surface area contributed by atoms with Gasteiger partial charge in [-0.25, -0.2) is 4.39 Å². The summed E-state index contributed by atoms with van der Waals surface area (Å²) in [5.74, 6) is 0.0784. The van der Waals surface area contributed by atoms with Crippen LogP contribution in [0.1, 0.15) is 36.0 Å². The molecule has 6 nitrogen and oxygen atoms in total. The highest BCUT2D eigenvalue weighted by Crippen LogP contribution is 2.32. The fourth-order valence-electron chi connectivity index (χ4n) is 5.04. The van der Waals surface area contributed by atoms with Crippen LogP contribution in [0.25, 0.3) is 10.8 Å². The zero-order valence-corrected chi connectivity index (χ0v) is 20.7. The molecule has 3 aromatic rings. The van der Waals surface area contributed by atoms with Crippen molar-refractivity contribution in [2.75, 3.05) is 62.8 Å². The summed E-state index contributed by atoms with van der Waals surface area (Å²) in [6.07, 6.45) is 4.31. The number of carbonyl (C=O) groups is 1. The van der Waals surface area contributed by atoms with Gasteiger partial charge >= 0.3 is 0 Å². The highest BCUT2D eigenvalue weighted by atomic mass is 19.1. The smallest absolute Gasteiger partial charge is 0.255 e. The number of carbonyl (C=O) groups excluding carboxylic acids is 1. The van der Waals surface area contributed by atoms with Gasteiger partial charge in [0.1, 0.15) is 11.6 Å². The Morgan fingerprint density at radius 3 is 2.53 bits per heavy atom. The van der Waals surface area contributed by atoms with Crippen LogP contribution in [0.4, 0.5) is 15.8 Å². The Balaban J connectivity index is 1.28. The van der Waals surface area contributed by atoms with E-state index in [9.17, 15) is 9.18 Å². The molecule has 0 aromatic heterocycles. The molecule has 0 atom stereocenters. The largest absolute Gasteiger partial charge is 0.493 e. The molecule has 0 radical (unpaired) electrons. The molecule has 1 N–H and O–H groups in total. The molecular formula is C29H34FN3O3. The minimum atomic E-state index is -0.395. The van der Waals surface area contributed by atoms with Crippen molar-refractivity contribution in [1.29, 1.82) is 0 Å². The number of piperidine rings is 1. The Labute approximate surface area is 212 Å². The number of ether oxygens (including phenoxy) is 2. The van der Waals surface area contributed by atoms with Crippen molar-refractivity contribution in [2.45, 2.75) is 25.7 Å². The molecular weight excluding hydrogens is 457 g/mol. The second kappa shape index (κ2) is 11.7. The molecule has 1 amide bonds. The minimum absolute atomic E-state index is 0.322. The molecule has 2 aliphatic rings. The molecule has 0 aliphatic carbocycles. The number of fused-ring (bicyclic) bond motifs is 1. The number of morpholine rings is 1. The minimum Gasteiger partial charge on any atom is -0.493 e. The molecule has 7 heteroatoms. The number of amides is 1. The number of anilines is 2. The summed E-state index contributed by atoms with van der Waals surface area (Å²) in [5, 5.41) is 4.83. The molecule has 0 unspecified atom stereocenters. The van der Waals surface area contributed by atoms with E-state index in [4.69, 9.17) is 9.47 Å². The Morgan fingerprint density at radius 2 is 1.72 bits per heavy atom. The van der Waals surface area contributed by atoms with Crippen LogP contribution in [0, 0.1) is 5.82 Å². The standard InChI is InChI=1S/C29H34FN3O3/c30-23-19-22(20-24(21-23)33-12-4-1-5-13-33)29(34)31-27-9-10-28(26-8-3-2-7-25(26)27)36-16-6-11-32-14-17-35-18-15-32/h2-3,7-10,19-21H,1,4-6,11-18H2,(H,31,34). The second-order valence-electron chi connectivity index (χ2n) is 9.51. The van der Waals surface area contributed by atoms with Crippen LogP contribution in [0.5, 0.6) is 5.75 Å². The van der Waals surface area contributed by atoms with E-state index in [2.05, 4.69) is 15.1 Å². The van der Waals surface area contributed by atoms with Gasteiger partial charge in [0.15, 0.2) is 0 Å². The van der Waals surface area contributed by atoms with Crippen molar-refractivity contribution >= 4 is 28.1 Å². The van der Waals surface area contributed by atoms with Crippen LogP contribution in [0.15, 0.2) is 54.6 Å². The first-order valence-corrected chi connectivity index (χ1v) is 13.0. The number of nitrogens with one attached hydrogen (secondary N) is 1. The van der Waals surface area contributed by atoms with Gasteiger partial charge in [0, 0.05) is 60.4 Å². The maximum atomic E-state index is 14.4. The molecule has 36 heavy (non-hydrogen) atoms. The van der Waals surface area contributed by atoms with Crippen molar-refractivity contribution in [3.05, 3.63) is 66.0 Å². The highest BCUT2D eigenvalue weighted by Gasteiger charge is 2.17. The quantitative estimate of drug-likeness (QED) is 0.432. The predicted molar refractivity (Wildman–Crippen MR) is 142 cm³/mol. The first-order chi connectivity index (χ1) is 17.7.